The highest BCUT2D eigenvalue weighted by Gasteiger charge is 2.04. The van der Waals surface area contributed by atoms with Crippen molar-refractivity contribution in [1.29, 1.82) is 0 Å². The second kappa shape index (κ2) is 7.08. The number of aromatic nitrogens is 3. The Bertz CT molecular complexity index is 241. The normalized spacial score (nSPS) is 8.85. The van der Waals surface area contributed by atoms with Crippen molar-refractivity contribution in [3.8, 4) is 0 Å². The molecule has 13 heavy (non-hydrogen) atoms. The van der Waals surface area contributed by atoms with E-state index in [1.807, 2.05) is 6.92 Å². The quantitative estimate of drug-likeness (QED) is 0.757. The Balaban J connectivity index is 0. The van der Waals surface area contributed by atoms with Crippen molar-refractivity contribution < 1.29 is 5.11 Å². The highest BCUT2D eigenvalue weighted by atomic mass is 35.5. The Morgan fingerprint density at radius 3 is 2.46 bits per heavy atom. The van der Waals surface area contributed by atoms with Crippen LogP contribution in [0, 0.1) is 6.92 Å². The van der Waals surface area contributed by atoms with Crippen LogP contribution in [0.4, 0.5) is 0 Å². The molecule has 3 N–H and O–H groups in total. The first-order valence-electron chi connectivity index (χ1n) is 3.49. The molecule has 5 nitrogen and oxygen atoms in total. The Morgan fingerprint density at radius 2 is 2.08 bits per heavy atom. The van der Waals surface area contributed by atoms with Gasteiger partial charge in [-0.25, -0.2) is 4.68 Å². The number of aliphatic hydroxyl groups excluding tert-OH is 1. The molecule has 1 aromatic rings. The fourth-order valence-electron chi connectivity index (χ4n) is 0.877. The standard InChI is InChI=1S/C6H12N4O.2ClH/c1-5-6(4-11)8-9-10(5)3-2-7;;/h11H,2-4,7H2,1H3;2*1H. The molecule has 1 rings (SSSR count). The molecule has 0 amide bonds. The maximum Gasteiger partial charge on any atom is 0.111 e. The van der Waals surface area contributed by atoms with Crippen molar-refractivity contribution in [3.05, 3.63) is 11.4 Å². The molecule has 0 aliphatic rings. The third-order valence-electron chi connectivity index (χ3n) is 1.57. The Hall–Kier alpha value is -0.360. The molecule has 0 bridgehead atoms. The molecule has 0 saturated carbocycles. The van der Waals surface area contributed by atoms with Gasteiger partial charge in [0.1, 0.15) is 5.69 Å². The average molecular weight is 229 g/mol. The van der Waals surface area contributed by atoms with Gasteiger partial charge in [-0.3, -0.25) is 0 Å². The number of hydrogen-bond acceptors (Lipinski definition) is 4. The zero-order valence-corrected chi connectivity index (χ0v) is 8.94. The van der Waals surface area contributed by atoms with Gasteiger partial charge in [0, 0.05) is 6.54 Å². The van der Waals surface area contributed by atoms with Gasteiger partial charge in [-0.1, -0.05) is 5.21 Å². The van der Waals surface area contributed by atoms with Crippen molar-refractivity contribution in [2.24, 2.45) is 5.73 Å². The number of halogens is 2. The maximum atomic E-state index is 8.75. The lowest BCUT2D eigenvalue weighted by Crippen LogP contribution is -2.12. The van der Waals surface area contributed by atoms with Gasteiger partial charge >= 0.3 is 0 Å². The van der Waals surface area contributed by atoms with Gasteiger partial charge in [-0.05, 0) is 6.92 Å². The van der Waals surface area contributed by atoms with E-state index >= 15 is 0 Å². The summed E-state index contributed by atoms with van der Waals surface area (Å²) in [4.78, 5) is 0. The molecule has 0 spiro atoms. The molecule has 0 saturated heterocycles. The maximum absolute atomic E-state index is 8.75. The van der Waals surface area contributed by atoms with Crippen LogP contribution in [0.1, 0.15) is 11.4 Å². The number of hydrogen-bond donors (Lipinski definition) is 2. The fraction of sp³-hybridized carbons (Fsp3) is 0.667. The summed E-state index contributed by atoms with van der Waals surface area (Å²) in [6.07, 6.45) is 0. The molecule has 0 fully saturated rings. The van der Waals surface area contributed by atoms with Crippen molar-refractivity contribution in [3.63, 3.8) is 0 Å². The fourth-order valence-corrected chi connectivity index (χ4v) is 0.877. The van der Waals surface area contributed by atoms with Crippen LogP contribution in [-0.2, 0) is 13.2 Å². The van der Waals surface area contributed by atoms with E-state index in [0.29, 0.717) is 18.8 Å². The van der Waals surface area contributed by atoms with E-state index in [1.54, 1.807) is 4.68 Å². The highest BCUT2D eigenvalue weighted by molar-refractivity contribution is 5.85. The van der Waals surface area contributed by atoms with Crippen LogP contribution in [0.2, 0.25) is 0 Å². The van der Waals surface area contributed by atoms with Crippen LogP contribution in [0.25, 0.3) is 0 Å². The number of nitrogens with two attached hydrogens (primary N) is 1. The van der Waals surface area contributed by atoms with E-state index in [1.165, 1.54) is 0 Å². The molecular weight excluding hydrogens is 215 g/mol. The van der Waals surface area contributed by atoms with Gasteiger partial charge < -0.3 is 10.8 Å². The minimum absolute atomic E-state index is 0. The summed E-state index contributed by atoms with van der Waals surface area (Å²) in [5.41, 5.74) is 6.84. The predicted octanol–water partition coefficient (Wildman–Crippen LogP) is -0.119. The second-order valence-electron chi connectivity index (χ2n) is 2.29. The summed E-state index contributed by atoms with van der Waals surface area (Å²) in [6.45, 7) is 2.99. The van der Waals surface area contributed by atoms with E-state index < -0.39 is 0 Å². The van der Waals surface area contributed by atoms with Gasteiger partial charge in [0.15, 0.2) is 0 Å². The third-order valence-corrected chi connectivity index (χ3v) is 1.57. The summed E-state index contributed by atoms with van der Waals surface area (Å²) in [5, 5.41) is 16.3. The lowest BCUT2D eigenvalue weighted by atomic mass is 10.3. The van der Waals surface area contributed by atoms with Gasteiger partial charge in [0.2, 0.25) is 0 Å². The van der Waals surface area contributed by atoms with Crippen LogP contribution in [-0.4, -0.2) is 26.6 Å². The Kier molecular flexibility index (Phi) is 8.24. The van der Waals surface area contributed by atoms with E-state index in [4.69, 9.17) is 10.8 Å². The monoisotopic (exact) mass is 228 g/mol. The largest absolute Gasteiger partial charge is 0.390 e. The van der Waals surface area contributed by atoms with E-state index in [-0.39, 0.29) is 31.4 Å². The lowest BCUT2D eigenvalue weighted by molar-refractivity contribution is 0.276. The van der Waals surface area contributed by atoms with Crippen LogP contribution in [0.3, 0.4) is 0 Å². The van der Waals surface area contributed by atoms with Crippen molar-refractivity contribution in [2.45, 2.75) is 20.1 Å². The Labute approximate surface area is 89.1 Å². The van der Waals surface area contributed by atoms with Crippen molar-refractivity contribution >= 4 is 24.8 Å². The number of nitrogens with zero attached hydrogens (tertiary/aromatic N) is 3. The minimum Gasteiger partial charge on any atom is -0.390 e. The molecule has 0 aliphatic carbocycles. The zero-order chi connectivity index (χ0) is 8.27. The SMILES string of the molecule is Cc1c(CO)nnn1CCN.Cl.Cl. The topological polar surface area (TPSA) is 77.0 Å². The van der Waals surface area contributed by atoms with Crippen LogP contribution in [0.5, 0.6) is 0 Å². The first kappa shape index (κ1) is 15.1. The second-order valence-corrected chi connectivity index (χ2v) is 2.29. The van der Waals surface area contributed by atoms with Crippen molar-refractivity contribution in [2.75, 3.05) is 6.54 Å². The number of rotatable bonds is 3. The summed E-state index contributed by atoms with van der Waals surface area (Å²) < 4.78 is 1.69. The molecule has 0 unspecified atom stereocenters. The minimum atomic E-state index is -0.0591. The third kappa shape index (κ3) is 3.48. The molecule has 1 heterocycles. The van der Waals surface area contributed by atoms with E-state index in [0.717, 1.165) is 5.69 Å². The van der Waals surface area contributed by atoms with E-state index in [2.05, 4.69) is 10.3 Å². The molecule has 0 aromatic carbocycles. The molecule has 1 aromatic heterocycles. The average Bonchev–Trinajstić information content (AvgIpc) is 2.34. The number of aliphatic hydroxyl groups is 1. The van der Waals surface area contributed by atoms with Gasteiger partial charge in [0.25, 0.3) is 0 Å². The molecule has 7 heteroatoms. The van der Waals surface area contributed by atoms with Crippen LogP contribution < -0.4 is 5.73 Å². The molecule has 0 atom stereocenters. The summed E-state index contributed by atoms with van der Waals surface area (Å²) in [7, 11) is 0. The van der Waals surface area contributed by atoms with Gasteiger partial charge in [0.05, 0.1) is 18.8 Å². The van der Waals surface area contributed by atoms with Crippen molar-refractivity contribution in [1.82, 2.24) is 15.0 Å². The molecule has 0 radical (unpaired) electrons. The Morgan fingerprint density at radius 1 is 1.46 bits per heavy atom. The zero-order valence-electron chi connectivity index (χ0n) is 7.30. The smallest absolute Gasteiger partial charge is 0.111 e. The lowest BCUT2D eigenvalue weighted by Gasteiger charge is -1.98. The summed E-state index contributed by atoms with van der Waals surface area (Å²) in [5.74, 6) is 0. The van der Waals surface area contributed by atoms with E-state index in [9.17, 15) is 0 Å². The first-order valence-corrected chi connectivity index (χ1v) is 3.49. The van der Waals surface area contributed by atoms with Crippen LogP contribution >= 0.6 is 24.8 Å². The summed E-state index contributed by atoms with van der Waals surface area (Å²) in [6, 6.07) is 0. The molecule has 0 aliphatic heterocycles. The predicted molar refractivity (Wildman–Crippen MR) is 54.2 cm³/mol. The highest BCUT2D eigenvalue weighted by Crippen LogP contribution is 2.01. The molecular formula is C6H14Cl2N4O. The van der Waals surface area contributed by atoms with Crippen LogP contribution in [0.15, 0.2) is 0 Å². The van der Waals surface area contributed by atoms with Gasteiger partial charge in [-0.2, -0.15) is 0 Å². The summed E-state index contributed by atoms with van der Waals surface area (Å²) >= 11 is 0. The molecule has 78 valence electrons. The van der Waals surface area contributed by atoms with Gasteiger partial charge in [-0.15, -0.1) is 29.9 Å². The first-order chi connectivity index (χ1) is 5.29.